The number of benzene rings is 2. The lowest BCUT2D eigenvalue weighted by Crippen LogP contribution is -2.44. The van der Waals surface area contributed by atoms with Gasteiger partial charge in [0, 0.05) is 25.2 Å². The molecule has 0 fully saturated rings. The Morgan fingerprint density at radius 3 is 2.41 bits per heavy atom. The summed E-state index contributed by atoms with van der Waals surface area (Å²) < 4.78 is 13.7. The molecule has 0 spiro atoms. The van der Waals surface area contributed by atoms with Crippen LogP contribution in [0, 0.1) is 5.82 Å². The molecule has 2 aromatic rings. The number of nitrogens with zero attached hydrogens (tertiary/aromatic N) is 2. The van der Waals surface area contributed by atoms with Gasteiger partial charge in [0.1, 0.15) is 5.82 Å². The van der Waals surface area contributed by atoms with Crippen LogP contribution in [0.1, 0.15) is 25.0 Å². The van der Waals surface area contributed by atoms with Crippen LogP contribution in [0.15, 0.2) is 59.6 Å². The van der Waals surface area contributed by atoms with Gasteiger partial charge in [-0.05, 0) is 25.5 Å². The largest absolute Gasteiger partial charge is 0.357 e. The van der Waals surface area contributed by atoms with E-state index in [-0.39, 0.29) is 24.8 Å². The molecule has 0 atom stereocenters. The lowest BCUT2D eigenvalue weighted by Gasteiger charge is -2.22. The molecule has 5 nitrogen and oxygen atoms in total. The third-order valence-electron chi connectivity index (χ3n) is 4.07. The van der Waals surface area contributed by atoms with Crippen LogP contribution >= 0.6 is 0 Å². The van der Waals surface area contributed by atoms with E-state index in [2.05, 4.69) is 15.6 Å². The Bertz CT molecular complexity index is 749. The number of aliphatic imine (C=N–C) groups is 1. The van der Waals surface area contributed by atoms with Crippen molar-refractivity contribution in [3.63, 3.8) is 0 Å². The normalized spacial score (nSPS) is 11.1. The second-order valence-electron chi connectivity index (χ2n) is 6.03. The van der Waals surface area contributed by atoms with Crippen molar-refractivity contribution < 1.29 is 9.18 Å². The molecule has 2 N–H and O–H groups in total. The van der Waals surface area contributed by atoms with Crippen molar-refractivity contribution in [2.75, 3.05) is 19.6 Å². The van der Waals surface area contributed by atoms with Crippen LogP contribution in [0.5, 0.6) is 0 Å². The summed E-state index contributed by atoms with van der Waals surface area (Å²) in [5.74, 6) is 0.191. The third kappa shape index (κ3) is 6.73. The summed E-state index contributed by atoms with van der Waals surface area (Å²) in [5.41, 5.74) is 1.60. The minimum Gasteiger partial charge on any atom is -0.357 e. The monoisotopic (exact) mass is 370 g/mol. The molecule has 0 aliphatic carbocycles. The van der Waals surface area contributed by atoms with Crippen LogP contribution in [0.3, 0.4) is 0 Å². The smallest absolute Gasteiger partial charge is 0.242 e. The molecule has 0 radical (unpaired) electrons. The number of hydrogen-bond donors (Lipinski definition) is 2. The van der Waals surface area contributed by atoms with E-state index < -0.39 is 0 Å². The number of rotatable bonds is 8. The van der Waals surface area contributed by atoms with Gasteiger partial charge in [0.25, 0.3) is 0 Å². The van der Waals surface area contributed by atoms with Crippen molar-refractivity contribution >= 4 is 11.9 Å². The van der Waals surface area contributed by atoms with E-state index >= 15 is 0 Å². The van der Waals surface area contributed by atoms with Crippen molar-refractivity contribution in [3.8, 4) is 0 Å². The zero-order chi connectivity index (χ0) is 19.5. The molecule has 0 saturated carbocycles. The molecule has 2 aromatic carbocycles. The van der Waals surface area contributed by atoms with E-state index in [0.717, 1.165) is 5.56 Å². The molecule has 2 rings (SSSR count). The van der Waals surface area contributed by atoms with Crippen LogP contribution in [0.2, 0.25) is 0 Å². The highest BCUT2D eigenvalue weighted by Crippen LogP contribution is 2.07. The number of guanidine groups is 1. The zero-order valence-electron chi connectivity index (χ0n) is 15.9. The SMILES string of the molecule is CCNC(=NCc1ccccc1F)NCC(=O)N(CC)Cc1ccccc1. The highest BCUT2D eigenvalue weighted by atomic mass is 19.1. The van der Waals surface area contributed by atoms with Gasteiger partial charge < -0.3 is 15.5 Å². The molecule has 0 saturated heterocycles. The number of amides is 1. The van der Waals surface area contributed by atoms with E-state index in [9.17, 15) is 9.18 Å². The fraction of sp³-hybridized carbons (Fsp3) is 0.333. The van der Waals surface area contributed by atoms with Crippen molar-refractivity contribution in [3.05, 3.63) is 71.5 Å². The molecule has 144 valence electrons. The van der Waals surface area contributed by atoms with Gasteiger partial charge in [0.05, 0.1) is 13.1 Å². The molecule has 0 unspecified atom stereocenters. The Kier molecular flexibility index (Phi) is 8.29. The molecular weight excluding hydrogens is 343 g/mol. The standard InChI is InChI=1S/C21H27FN4O/c1-3-23-21(24-14-18-12-8-9-13-19(18)22)25-15-20(27)26(4-2)16-17-10-6-5-7-11-17/h5-13H,3-4,14-16H2,1-2H3,(H2,23,24,25). The van der Waals surface area contributed by atoms with Gasteiger partial charge >= 0.3 is 0 Å². The highest BCUT2D eigenvalue weighted by Gasteiger charge is 2.12. The van der Waals surface area contributed by atoms with Gasteiger partial charge in [0.2, 0.25) is 5.91 Å². The van der Waals surface area contributed by atoms with Crippen molar-refractivity contribution in [1.29, 1.82) is 0 Å². The Balaban J connectivity index is 1.94. The summed E-state index contributed by atoms with van der Waals surface area (Å²) in [6, 6.07) is 16.4. The summed E-state index contributed by atoms with van der Waals surface area (Å²) in [5, 5.41) is 6.12. The minimum absolute atomic E-state index is 0.0159. The molecular formula is C21H27FN4O. The van der Waals surface area contributed by atoms with Crippen molar-refractivity contribution in [2.24, 2.45) is 4.99 Å². The van der Waals surface area contributed by atoms with Gasteiger partial charge in [-0.25, -0.2) is 9.38 Å². The number of hydrogen-bond acceptors (Lipinski definition) is 2. The van der Waals surface area contributed by atoms with Crippen LogP contribution in [0.4, 0.5) is 4.39 Å². The van der Waals surface area contributed by atoms with Gasteiger partial charge in [0.15, 0.2) is 5.96 Å². The Morgan fingerprint density at radius 2 is 1.74 bits per heavy atom. The predicted molar refractivity (Wildman–Crippen MR) is 107 cm³/mol. The molecule has 1 amide bonds. The quantitative estimate of drug-likeness (QED) is 0.555. The fourth-order valence-electron chi connectivity index (χ4n) is 2.58. The number of likely N-dealkylation sites (N-methyl/N-ethyl adjacent to an activating group) is 1. The summed E-state index contributed by atoms with van der Waals surface area (Å²) in [4.78, 5) is 18.7. The second kappa shape index (κ2) is 11.0. The number of nitrogens with one attached hydrogen (secondary N) is 2. The second-order valence-corrected chi connectivity index (χ2v) is 6.03. The summed E-state index contributed by atoms with van der Waals surface area (Å²) >= 11 is 0. The van der Waals surface area contributed by atoms with Crippen molar-refractivity contribution in [1.82, 2.24) is 15.5 Å². The van der Waals surface area contributed by atoms with E-state index in [1.54, 1.807) is 23.1 Å². The molecule has 0 aliphatic rings. The summed E-state index contributed by atoms with van der Waals surface area (Å²) in [6.07, 6.45) is 0. The van der Waals surface area contributed by atoms with Gasteiger partial charge in [-0.15, -0.1) is 0 Å². The number of carbonyl (C=O) groups excluding carboxylic acids is 1. The average Bonchev–Trinajstić information content (AvgIpc) is 2.70. The van der Waals surface area contributed by atoms with Gasteiger partial charge in [-0.1, -0.05) is 48.5 Å². The predicted octanol–water partition coefficient (Wildman–Crippen LogP) is 2.93. The lowest BCUT2D eigenvalue weighted by molar-refractivity contribution is -0.130. The van der Waals surface area contributed by atoms with Crippen molar-refractivity contribution in [2.45, 2.75) is 26.9 Å². The third-order valence-corrected chi connectivity index (χ3v) is 4.07. The Morgan fingerprint density at radius 1 is 1.04 bits per heavy atom. The zero-order valence-corrected chi connectivity index (χ0v) is 15.9. The molecule has 0 heterocycles. The first-order chi connectivity index (χ1) is 13.1. The maximum Gasteiger partial charge on any atom is 0.242 e. The van der Waals surface area contributed by atoms with E-state index in [1.807, 2.05) is 44.2 Å². The average molecular weight is 370 g/mol. The first-order valence-corrected chi connectivity index (χ1v) is 9.21. The number of carbonyl (C=O) groups is 1. The molecule has 0 aromatic heterocycles. The first kappa shape index (κ1) is 20.4. The van der Waals surface area contributed by atoms with Crippen LogP contribution < -0.4 is 10.6 Å². The molecule has 0 aliphatic heterocycles. The lowest BCUT2D eigenvalue weighted by atomic mass is 10.2. The minimum atomic E-state index is -0.284. The summed E-state index contributed by atoms with van der Waals surface area (Å²) in [7, 11) is 0. The highest BCUT2D eigenvalue weighted by molar-refractivity contribution is 5.86. The fourth-order valence-corrected chi connectivity index (χ4v) is 2.58. The maximum absolute atomic E-state index is 13.7. The molecule has 27 heavy (non-hydrogen) atoms. The van der Waals surface area contributed by atoms with E-state index in [1.165, 1.54) is 6.07 Å². The van der Waals surface area contributed by atoms with Gasteiger partial charge in [-0.3, -0.25) is 4.79 Å². The Hall–Kier alpha value is -2.89. The van der Waals surface area contributed by atoms with Crippen LogP contribution in [-0.4, -0.2) is 36.4 Å². The topological polar surface area (TPSA) is 56.7 Å². The van der Waals surface area contributed by atoms with Crippen LogP contribution in [0.25, 0.3) is 0 Å². The van der Waals surface area contributed by atoms with Crippen LogP contribution in [-0.2, 0) is 17.9 Å². The molecule has 0 bridgehead atoms. The summed E-state index contributed by atoms with van der Waals surface area (Å²) in [6.45, 7) is 6.08. The van der Waals surface area contributed by atoms with E-state index in [4.69, 9.17) is 0 Å². The molecule has 6 heteroatoms. The van der Waals surface area contributed by atoms with Gasteiger partial charge in [-0.2, -0.15) is 0 Å². The number of halogens is 1. The Labute approximate surface area is 160 Å². The first-order valence-electron chi connectivity index (χ1n) is 9.21. The van der Waals surface area contributed by atoms with E-state index in [0.29, 0.717) is 31.2 Å². The maximum atomic E-state index is 13.7.